The van der Waals surface area contributed by atoms with Crippen molar-refractivity contribution in [2.24, 2.45) is 0 Å². The molecule has 2 aromatic carbocycles. The van der Waals surface area contributed by atoms with Gasteiger partial charge in [-0.25, -0.2) is 4.79 Å². The van der Waals surface area contributed by atoms with Crippen LogP contribution in [0.1, 0.15) is 17.3 Å². The minimum absolute atomic E-state index is 0.115. The van der Waals surface area contributed by atoms with E-state index in [0.717, 1.165) is 5.39 Å². The zero-order valence-corrected chi connectivity index (χ0v) is 13.0. The van der Waals surface area contributed by atoms with Crippen LogP contribution in [0.4, 0.5) is 0 Å². The fourth-order valence-corrected chi connectivity index (χ4v) is 2.33. The van der Waals surface area contributed by atoms with Gasteiger partial charge in [0, 0.05) is 7.11 Å². The Labute approximate surface area is 134 Å². The van der Waals surface area contributed by atoms with E-state index in [2.05, 4.69) is 5.32 Å². The molecular formula is C17H19NO5. The molecule has 0 aliphatic carbocycles. The first-order valence-corrected chi connectivity index (χ1v) is 7.25. The van der Waals surface area contributed by atoms with Crippen LogP contribution < -0.4 is 10.1 Å². The molecule has 23 heavy (non-hydrogen) atoms. The van der Waals surface area contributed by atoms with Crippen LogP contribution in [0.5, 0.6) is 5.75 Å². The largest absolute Gasteiger partial charge is 0.493 e. The van der Waals surface area contributed by atoms with Gasteiger partial charge in [0.25, 0.3) is 5.91 Å². The maximum Gasteiger partial charge on any atom is 0.328 e. The first-order chi connectivity index (χ1) is 11.1. The van der Waals surface area contributed by atoms with E-state index in [1.165, 1.54) is 7.11 Å². The summed E-state index contributed by atoms with van der Waals surface area (Å²) in [7, 11) is 1.38. The molecule has 0 unspecified atom stereocenters. The van der Waals surface area contributed by atoms with Crippen molar-refractivity contribution in [1.82, 2.24) is 5.32 Å². The summed E-state index contributed by atoms with van der Waals surface area (Å²) in [5, 5.41) is 13.2. The standard InChI is InChI=1S/C17H19NO5/c1-3-23-14-9-8-11-6-4-5-7-12(11)15(14)16(19)18-13(10-22-2)17(20)21/h4-9,13H,3,10H2,1-2H3,(H,18,19)(H,20,21)/t13-/m0/s1. The third kappa shape index (κ3) is 3.78. The van der Waals surface area contributed by atoms with E-state index in [9.17, 15) is 9.59 Å². The molecule has 6 nitrogen and oxygen atoms in total. The molecule has 0 saturated carbocycles. The molecule has 122 valence electrons. The van der Waals surface area contributed by atoms with Gasteiger partial charge in [-0.3, -0.25) is 4.79 Å². The van der Waals surface area contributed by atoms with Crippen molar-refractivity contribution in [3.05, 3.63) is 42.0 Å². The molecule has 2 N–H and O–H groups in total. The fraction of sp³-hybridized carbons (Fsp3) is 0.294. The van der Waals surface area contributed by atoms with Crippen molar-refractivity contribution in [1.29, 1.82) is 0 Å². The van der Waals surface area contributed by atoms with Gasteiger partial charge in [-0.05, 0) is 23.8 Å². The molecule has 0 heterocycles. The maximum atomic E-state index is 12.6. The van der Waals surface area contributed by atoms with Crippen LogP contribution in [0.15, 0.2) is 36.4 Å². The van der Waals surface area contributed by atoms with Crippen molar-refractivity contribution in [2.75, 3.05) is 20.3 Å². The summed E-state index contributed by atoms with van der Waals surface area (Å²) in [5.74, 6) is -1.24. The highest BCUT2D eigenvalue weighted by Crippen LogP contribution is 2.28. The van der Waals surface area contributed by atoms with E-state index in [1.54, 1.807) is 12.1 Å². The van der Waals surface area contributed by atoms with E-state index in [1.807, 2.05) is 31.2 Å². The van der Waals surface area contributed by atoms with Crippen LogP contribution in [-0.4, -0.2) is 43.3 Å². The molecule has 2 rings (SSSR count). The van der Waals surface area contributed by atoms with Crippen molar-refractivity contribution in [2.45, 2.75) is 13.0 Å². The molecule has 0 aliphatic heterocycles. The molecule has 0 fully saturated rings. The van der Waals surface area contributed by atoms with Crippen LogP contribution in [-0.2, 0) is 9.53 Å². The van der Waals surface area contributed by atoms with E-state index in [0.29, 0.717) is 23.3 Å². The van der Waals surface area contributed by atoms with Crippen molar-refractivity contribution in [3.63, 3.8) is 0 Å². The number of hydrogen-bond donors (Lipinski definition) is 2. The normalized spacial score (nSPS) is 11.9. The summed E-state index contributed by atoms with van der Waals surface area (Å²) < 4.78 is 10.4. The van der Waals surface area contributed by atoms with E-state index in [-0.39, 0.29) is 6.61 Å². The lowest BCUT2D eigenvalue weighted by molar-refractivity contribution is -0.140. The summed E-state index contributed by atoms with van der Waals surface area (Å²) in [6.07, 6.45) is 0. The van der Waals surface area contributed by atoms with E-state index < -0.39 is 17.9 Å². The second-order valence-corrected chi connectivity index (χ2v) is 4.91. The Hall–Kier alpha value is -2.60. The Morgan fingerprint density at radius 3 is 2.61 bits per heavy atom. The first kappa shape index (κ1) is 16.8. The van der Waals surface area contributed by atoms with Gasteiger partial charge in [-0.2, -0.15) is 0 Å². The number of fused-ring (bicyclic) bond motifs is 1. The van der Waals surface area contributed by atoms with Gasteiger partial charge >= 0.3 is 5.97 Å². The molecule has 1 amide bonds. The molecular weight excluding hydrogens is 298 g/mol. The van der Waals surface area contributed by atoms with Gasteiger partial charge in [0.05, 0.1) is 18.8 Å². The number of methoxy groups -OCH3 is 1. The van der Waals surface area contributed by atoms with Crippen molar-refractivity contribution >= 4 is 22.6 Å². The van der Waals surface area contributed by atoms with Crippen molar-refractivity contribution in [3.8, 4) is 5.75 Å². The lowest BCUT2D eigenvalue weighted by Gasteiger charge is -2.17. The quantitative estimate of drug-likeness (QED) is 0.816. The number of carbonyl (C=O) groups is 2. The lowest BCUT2D eigenvalue weighted by atomic mass is 10.0. The topological polar surface area (TPSA) is 84.9 Å². The van der Waals surface area contributed by atoms with Crippen LogP contribution in [0.2, 0.25) is 0 Å². The van der Waals surface area contributed by atoms with Crippen LogP contribution in [0, 0.1) is 0 Å². The molecule has 0 aliphatic rings. The highest BCUT2D eigenvalue weighted by molar-refractivity contribution is 6.10. The first-order valence-electron chi connectivity index (χ1n) is 7.25. The SMILES string of the molecule is CCOc1ccc2ccccc2c1C(=O)N[C@@H](COC)C(=O)O. The minimum atomic E-state index is -1.15. The van der Waals surface area contributed by atoms with E-state index in [4.69, 9.17) is 14.6 Å². The number of amides is 1. The number of nitrogens with one attached hydrogen (secondary N) is 1. The minimum Gasteiger partial charge on any atom is -0.493 e. The number of carboxylic acid groups (broad SMARTS) is 1. The highest BCUT2D eigenvalue weighted by Gasteiger charge is 2.24. The summed E-state index contributed by atoms with van der Waals surface area (Å²) in [5.41, 5.74) is 0.326. The molecule has 1 atom stereocenters. The number of rotatable bonds is 7. The number of aliphatic carboxylic acids is 1. The fourth-order valence-electron chi connectivity index (χ4n) is 2.33. The molecule has 6 heteroatoms. The number of ether oxygens (including phenoxy) is 2. The maximum absolute atomic E-state index is 12.6. The predicted octanol–water partition coefficient (Wildman–Crippen LogP) is 2.07. The monoisotopic (exact) mass is 317 g/mol. The Morgan fingerprint density at radius 2 is 1.96 bits per heavy atom. The van der Waals surface area contributed by atoms with Crippen molar-refractivity contribution < 1.29 is 24.2 Å². The molecule has 0 radical (unpaired) electrons. The van der Waals surface area contributed by atoms with Gasteiger partial charge in [-0.15, -0.1) is 0 Å². The van der Waals surface area contributed by atoms with Gasteiger partial charge in [-0.1, -0.05) is 30.3 Å². The molecule has 0 spiro atoms. The Balaban J connectivity index is 2.44. The molecule has 2 aromatic rings. The smallest absolute Gasteiger partial charge is 0.328 e. The Kier molecular flexibility index (Phi) is 5.54. The summed E-state index contributed by atoms with van der Waals surface area (Å²) in [6.45, 7) is 2.11. The zero-order valence-electron chi connectivity index (χ0n) is 13.0. The second-order valence-electron chi connectivity index (χ2n) is 4.91. The van der Waals surface area contributed by atoms with Gasteiger partial charge in [0.2, 0.25) is 0 Å². The number of hydrogen-bond acceptors (Lipinski definition) is 4. The number of benzene rings is 2. The van der Waals surface area contributed by atoms with Gasteiger partial charge < -0.3 is 19.9 Å². The zero-order chi connectivity index (χ0) is 16.8. The van der Waals surface area contributed by atoms with Gasteiger partial charge in [0.15, 0.2) is 6.04 Å². The Bertz CT molecular complexity index is 713. The molecule has 0 bridgehead atoms. The predicted molar refractivity (Wildman–Crippen MR) is 85.9 cm³/mol. The van der Waals surface area contributed by atoms with Crippen LogP contribution in [0.3, 0.4) is 0 Å². The number of carbonyl (C=O) groups excluding carboxylic acids is 1. The summed E-state index contributed by atoms with van der Waals surface area (Å²) in [6, 6.07) is 9.83. The number of carboxylic acids is 1. The molecule has 0 aromatic heterocycles. The van der Waals surface area contributed by atoms with Crippen LogP contribution in [0.25, 0.3) is 10.8 Å². The third-order valence-corrected chi connectivity index (χ3v) is 3.35. The third-order valence-electron chi connectivity index (χ3n) is 3.35. The van der Waals surface area contributed by atoms with E-state index >= 15 is 0 Å². The average Bonchev–Trinajstić information content (AvgIpc) is 2.54. The summed E-state index contributed by atoms with van der Waals surface area (Å²) in [4.78, 5) is 23.8. The average molecular weight is 317 g/mol. The summed E-state index contributed by atoms with van der Waals surface area (Å²) >= 11 is 0. The highest BCUT2D eigenvalue weighted by atomic mass is 16.5. The second kappa shape index (κ2) is 7.60. The van der Waals surface area contributed by atoms with Crippen LogP contribution >= 0.6 is 0 Å². The Morgan fingerprint density at radius 1 is 1.22 bits per heavy atom. The van der Waals surface area contributed by atoms with Gasteiger partial charge in [0.1, 0.15) is 5.75 Å². The molecule has 0 saturated heterocycles. The lowest BCUT2D eigenvalue weighted by Crippen LogP contribution is -2.44.